The van der Waals surface area contributed by atoms with Crippen LogP contribution in [0.3, 0.4) is 0 Å². The van der Waals surface area contributed by atoms with E-state index in [0.717, 1.165) is 18.2 Å². The summed E-state index contributed by atoms with van der Waals surface area (Å²) in [6, 6.07) is 3.29. The number of aromatic amines is 1. The van der Waals surface area contributed by atoms with Crippen molar-refractivity contribution in [3.05, 3.63) is 54.4 Å². The van der Waals surface area contributed by atoms with Gasteiger partial charge in [-0.2, -0.15) is 13.2 Å². The number of H-pyrrole nitrogens is 1. The Morgan fingerprint density at radius 1 is 1.27 bits per heavy atom. The first-order valence-corrected chi connectivity index (χ1v) is 8.84. The number of imidazole rings is 1. The van der Waals surface area contributed by atoms with Crippen molar-refractivity contribution >= 4 is 12.2 Å². The van der Waals surface area contributed by atoms with Crippen LogP contribution in [0, 0.1) is 0 Å². The lowest BCUT2D eigenvalue weighted by Crippen LogP contribution is -2.09. The highest BCUT2D eigenvalue weighted by atomic mass is 19.4. The van der Waals surface area contributed by atoms with Crippen LogP contribution in [0.4, 0.5) is 13.2 Å². The molecular weight excluding hydrogens is 403 g/mol. The van der Waals surface area contributed by atoms with E-state index in [9.17, 15) is 18.0 Å². The fourth-order valence-corrected chi connectivity index (χ4v) is 2.41. The minimum atomic E-state index is -4.55. The molecule has 0 radical (unpaired) electrons. The number of hydrogen-bond acceptors (Lipinski definition) is 6. The van der Waals surface area contributed by atoms with Crippen LogP contribution < -0.4 is 4.74 Å². The quantitative estimate of drug-likeness (QED) is 0.462. The number of aromatic nitrogens is 5. The molecule has 0 fully saturated rings. The summed E-state index contributed by atoms with van der Waals surface area (Å²) in [4.78, 5) is 22.4. The molecule has 0 bridgehead atoms. The zero-order valence-electron chi connectivity index (χ0n) is 16.1. The number of nitrogens with one attached hydrogen (secondary N) is 1. The van der Waals surface area contributed by atoms with Crippen molar-refractivity contribution in [2.75, 3.05) is 0 Å². The molecule has 0 amide bonds. The Hall–Kier alpha value is -3.63. The number of benzene rings is 1. The third-order valence-corrected chi connectivity index (χ3v) is 3.64. The zero-order chi connectivity index (χ0) is 21.7. The maximum Gasteiger partial charge on any atom is 0.416 e. The second-order valence-electron chi connectivity index (χ2n) is 6.42. The molecule has 0 unspecified atom stereocenters. The molecule has 11 heteroatoms. The van der Waals surface area contributed by atoms with Crippen molar-refractivity contribution in [1.82, 2.24) is 24.7 Å². The highest BCUT2D eigenvalue weighted by Gasteiger charge is 2.32. The van der Waals surface area contributed by atoms with Gasteiger partial charge in [-0.3, -0.25) is 0 Å². The Kier molecular flexibility index (Phi) is 6.19. The molecule has 30 heavy (non-hydrogen) atoms. The van der Waals surface area contributed by atoms with E-state index in [-0.39, 0.29) is 29.8 Å². The van der Waals surface area contributed by atoms with Gasteiger partial charge in [-0.05, 0) is 32.0 Å². The molecule has 0 saturated carbocycles. The van der Waals surface area contributed by atoms with Crippen LogP contribution in [0.1, 0.15) is 25.2 Å². The lowest BCUT2D eigenvalue weighted by atomic mass is 10.1. The van der Waals surface area contributed by atoms with Gasteiger partial charge in [-0.15, -0.1) is 5.10 Å². The van der Waals surface area contributed by atoms with Gasteiger partial charge in [0.05, 0.1) is 11.7 Å². The predicted molar refractivity (Wildman–Crippen MR) is 99.9 cm³/mol. The largest absolute Gasteiger partial charge is 0.491 e. The van der Waals surface area contributed by atoms with Crippen LogP contribution in [-0.2, 0) is 22.3 Å². The van der Waals surface area contributed by atoms with E-state index in [2.05, 4.69) is 20.1 Å². The molecule has 1 N–H and O–H groups in total. The summed E-state index contributed by atoms with van der Waals surface area (Å²) in [5.74, 6) is -0.0505. The molecule has 2 aromatic heterocycles. The number of nitrogens with zero attached hydrogens (tertiary/aromatic N) is 4. The minimum absolute atomic E-state index is 0.0261. The van der Waals surface area contributed by atoms with Gasteiger partial charge >= 0.3 is 12.1 Å². The summed E-state index contributed by atoms with van der Waals surface area (Å²) < 4.78 is 51.2. The summed E-state index contributed by atoms with van der Waals surface area (Å²) in [5, 5.41) is 4.08. The molecule has 158 valence electrons. The van der Waals surface area contributed by atoms with E-state index >= 15 is 0 Å². The fraction of sp³-hybridized carbons (Fsp3) is 0.263. The average molecular weight is 421 g/mol. The average Bonchev–Trinajstić information content (AvgIpc) is 3.35. The van der Waals surface area contributed by atoms with Crippen molar-refractivity contribution in [2.24, 2.45) is 0 Å². The topological polar surface area (TPSA) is 94.9 Å². The van der Waals surface area contributed by atoms with Gasteiger partial charge in [-0.1, -0.05) is 0 Å². The molecular formula is C19H18F3N5O3. The van der Waals surface area contributed by atoms with Crippen LogP contribution in [-0.4, -0.2) is 36.8 Å². The van der Waals surface area contributed by atoms with Crippen LogP contribution in [0.2, 0.25) is 0 Å². The molecule has 1 aromatic carbocycles. The first-order chi connectivity index (χ1) is 14.2. The standard InChI is InChI=1S/C19H18F3N5O3/c1-12(2)30-15-8-13(7-14(9-15)19(20,21)22)18-25-11-27(26-18)6-3-17(28)29-10-16-23-4-5-24-16/h3-9,11-12H,10H2,1-2H3,(H,23,24)/b6-3-. The van der Waals surface area contributed by atoms with E-state index in [0.29, 0.717) is 5.82 Å². The van der Waals surface area contributed by atoms with Crippen LogP contribution in [0.15, 0.2) is 43.0 Å². The number of ether oxygens (including phenoxy) is 2. The first kappa shape index (κ1) is 21.1. The fourth-order valence-electron chi connectivity index (χ4n) is 2.41. The second-order valence-corrected chi connectivity index (χ2v) is 6.42. The monoisotopic (exact) mass is 421 g/mol. The highest BCUT2D eigenvalue weighted by molar-refractivity contribution is 5.84. The molecule has 0 aliphatic carbocycles. The molecule has 0 saturated heterocycles. The summed E-state index contributed by atoms with van der Waals surface area (Å²) in [6.45, 7) is 3.40. The van der Waals surface area contributed by atoms with Crippen LogP contribution in [0.25, 0.3) is 17.6 Å². The normalized spacial score (nSPS) is 11.9. The molecule has 0 aliphatic heterocycles. The van der Waals surface area contributed by atoms with E-state index < -0.39 is 17.7 Å². The van der Waals surface area contributed by atoms with Crippen molar-refractivity contribution in [3.63, 3.8) is 0 Å². The number of alkyl halides is 3. The van der Waals surface area contributed by atoms with E-state index in [1.165, 1.54) is 29.5 Å². The van der Waals surface area contributed by atoms with Gasteiger partial charge < -0.3 is 14.5 Å². The van der Waals surface area contributed by atoms with E-state index in [1.807, 2.05) is 0 Å². The Morgan fingerprint density at radius 3 is 2.73 bits per heavy atom. The van der Waals surface area contributed by atoms with Crippen LogP contribution in [0.5, 0.6) is 5.75 Å². The van der Waals surface area contributed by atoms with Crippen molar-refractivity contribution in [2.45, 2.75) is 32.7 Å². The third kappa shape index (κ3) is 5.69. The molecule has 8 nitrogen and oxygen atoms in total. The number of halogens is 3. The van der Waals surface area contributed by atoms with Gasteiger partial charge in [0.2, 0.25) is 0 Å². The van der Waals surface area contributed by atoms with Crippen molar-refractivity contribution < 1.29 is 27.4 Å². The summed E-state index contributed by atoms with van der Waals surface area (Å²) in [5.41, 5.74) is -0.739. The lowest BCUT2D eigenvalue weighted by molar-refractivity contribution is -0.139. The van der Waals surface area contributed by atoms with Gasteiger partial charge in [-0.25, -0.2) is 19.4 Å². The maximum atomic E-state index is 13.2. The molecule has 3 aromatic rings. The minimum Gasteiger partial charge on any atom is -0.491 e. The van der Waals surface area contributed by atoms with Crippen molar-refractivity contribution in [1.29, 1.82) is 0 Å². The number of rotatable bonds is 7. The first-order valence-electron chi connectivity index (χ1n) is 8.84. The second kappa shape index (κ2) is 8.80. The van der Waals surface area contributed by atoms with E-state index in [4.69, 9.17) is 9.47 Å². The van der Waals surface area contributed by atoms with Gasteiger partial charge in [0, 0.05) is 30.2 Å². The van der Waals surface area contributed by atoms with E-state index in [1.54, 1.807) is 20.0 Å². The zero-order valence-corrected chi connectivity index (χ0v) is 16.1. The molecule has 0 aliphatic rings. The smallest absolute Gasteiger partial charge is 0.416 e. The number of carbonyl (C=O) groups is 1. The molecule has 3 rings (SSSR count). The van der Waals surface area contributed by atoms with Gasteiger partial charge in [0.15, 0.2) is 5.82 Å². The van der Waals surface area contributed by atoms with Crippen molar-refractivity contribution in [3.8, 4) is 17.1 Å². The van der Waals surface area contributed by atoms with Crippen LogP contribution >= 0.6 is 0 Å². The highest BCUT2D eigenvalue weighted by Crippen LogP contribution is 2.35. The maximum absolute atomic E-state index is 13.2. The number of hydrogen-bond donors (Lipinski definition) is 1. The molecule has 0 atom stereocenters. The predicted octanol–water partition coefficient (Wildman–Crippen LogP) is 3.69. The Balaban J connectivity index is 1.75. The molecule has 0 spiro atoms. The van der Waals surface area contributed by atoms with Gasteiger partial charge in [0.1, 0.15) is 24.5 Å². The molecule has 2 heterocycles. The lowest BCUT2D eigenvalue weighted by Gasteiger charge is -2.14. The van der Waals surface area contributed by atoms with Gasteiger partial charge in [0.25, 0.3) is 0 Å². The Morgan fingerprint density at radius 2 is 2.07 bits per heavy atom. The summed E-state index contributed by atoms with van der Waals surface area (Å²) in [6.07, 6.45) is 1.92. The SMILES string of the molecule is CC(C)Oc1cc(-c2ncn(/C=C\C(=O)OCc3ncc[nH]3)n2)cc(C(F)(F)F)c1. The third-order valence-electron chi connectivity index (χ3n) is 3.64. The Bertz CT molecular complexity index is 1030. The summed E-state index contributed by atoms with van der Waals surface area (Å²) >= 11 is 0. The number of carbonyl (C=O) groups excluding carboxylic acids is 1. The summed E-state index contributed by atoms with van der Waals surface area (Å²) in [7, 11) is 0. The Labute approximate surface area is 169 Å². The number of esters is 1.